The van der Waals surface area contributed by atoms with Gasteiger partial charge in [-0.05, 0) is 129 Å². The molecule has 0 aromatic heterocycles. The quantitative estimate of drug-likeness (QED) is 0.00520. The molecule has 44 heteroatoms. The molecule has 0 heterocycles. The lowest BCUT2D eigenvalue weighted by Gasteiger charge is -2.27. The molecule has 0 saturated carbocycles. The van der Waals surface area contributed by atoms with E-state index in [1.165, 1.54) is 126 Å². The monoisotopic (exact) mass is 1790 g/mol. The summed E-state index contributed by atoms with van der Waals surface area (Å²) in [5.74, 6) is -10.7. The fourth-order valence-electron chi connectivity index (χ4n) is 10.6. The SMILES string of the molecule is C.CCC(O)C(O)Sc1c(C(=O)O)cccc1[N+](=O)[O-].CN(C)c1ccc(Sc2ccc([N+](=O)[O-])cc2C(=O)O)cc1.CN(C)c1cccc(C(=O)Nc2cccc([N+](=O)[O-])c2)c1C(=O)O.Cc1cc([N+](=O)[O-])ccc1SCC(=O)N(C)N(C)C(=O)CS.Cc1cccc(NC(=O)C(C(=O)Nc2cccc(C)c2)c2c([N+](=O)[O-])cc(C(=O)O)cc2[N+](=O)[O-])c1. The maximum absolute atomic E-state index is 13.4. The third-order valence-corrected chi connectivity index (χ3v) is 20.6. The highest BCUT2D eigenvalue weighted by Crippen LogP contribution is 2.40. The van der Waals surface area contributed by atoms with Gasteiger partial charge in [-0.2, -0.15) is 12.6 Å². The summed E-state index contributed by atoms with van der Waals surface area (Å²) in [5.41, 5.74) is -1.94. The van der Waals surface area contributed by atoms with Crippen LogP contribution in [0.1, 0.15) is 101 Å². The molecule has 2 unspecified atom stereocenters. The zero-order valence-electron chi connectivity index (χ0n) is 66.6. The zero-order chi connectivity index (χ0) is 92.1. The van der Waals surface area contributed by atoms with Crippen LogP contribution < -0.4 is 25.8 Å². The van der Waals surface area contributed by atoms with Gasteiger partial charge in [0.15, 0.2) is 5.92 Å². The lowest BCUT2D eigenvalue weighted by atomic mass is 9.91. The van der Waals surface area contributed by atoms with E-state index in [0.29, 0.717) is 34.5 Å². The third-order valence-electron chi connectivity index (χ3n) is 16.9. The van der Waals surface area contributed by atoms with E-state index < -0.39 is 117 Å². The van der Waals surface area contributed by atoms with Crippen molar-refractivity contribution in [2.75, 3.05) is 79.5 Å². The molecule has 0 aliphatic carbocycles. The minimum absolute atomic E-state index is 0. The normalized spacial score (nSPS) is 10.8. The number of aromatic carboxylic acids is 4. The summed E-state index contributed by atoms with van der Waals surface area (Å²) in [4.78, 5) is 176. The van der Waals surface area contributed by atoms with Crippen LogP contribution in [-0.4, -0.2) is 189 Å². The van der Waals surface area contributed by atoms with Gasteiger partial charge >= 0.3 is 23.9 Å². The lowest BCUT2D eigenvalue weighted by molar-refractivity contribution is -0.395. The molecule has 0 bridgehead atoms. The summed E-state index contributed by atoms with van der Waals surface area (Å²) in [5, 5.41) is 133. The van der Waals surface area contributed by atoms with Crippen LogP contribution in [0.4, 0.5) is 62.6 Å². The van der Waals surface area contributed by atoms with Crippen molar-refractivity contribution in [3.05, 3.63) is 293 Å². The number of carbonyl (C=O) groups is 9. The maximum Gasteiger partial charge on any atom is 0.338 e. The molecule has 0 spiro atoms. The van der Waals surface area contributed by atoms with Crippen molar-refractivity contribution in [2.45, 2.75) is 78.6 Å². The molecule has 5 amide bonds. The van der Waals surface area contributed by atoms with Crippen molar-refractivity contribution >= 4 is 164 Å². The largest absolute Gasteiger partial charge is 0.478 e. The molecule has 0 fully saturated rings. The molecule has 0 radical (unpaired) electrons. The number of aryl methyl sites for hydroxylation is 3. The Kier molecular flexibility index (Phi) is 39.0. The number of thioether (sulfide) groups is 2. The second kappa shape index (κ2) is 47.5. The van der Waals surface area contributed by atoms with Crippen molar-refractivity contribution in [3.8, 4) is 0 Å². The number of nitrogens with zero attached hydrogens (tertiary/aromatic N) is 10. The Bertz CT molecular complexity index is 5400. The number of carbonyl (C=O) groups excluding carboxylic acids is 5. The zero-order valence-corrected chi connectivity index (χ0v) is 69.9. The Morgan fingerprint density at radius 1 is 0.468 bits per heavy atom. The molecule has 9 aromatic rings. The topological polar surface area (TPSA) is 583 Å². The number of nitro groups is 6. The number of aliphatic hydroxyl groups excluding tert-OH is 2. The van der Waals surface area contributed by atoms with Gasteiger partial charge in [0.2, 0.25) is 11.8 Å². The molecule has 0 aliphatic heterocycles. The van der Waals surface area contributed by atoms with Gasteiger partial charge in [-0.1, -0.05) is 80.3 Å². The lowest BCUT2D eigenvalue weighted by Crippen LogP contribution is -2.46. The van der Waals surface area contributed by atoms with E-state index in [1.807, 2.05) is 43.3 Å². The number of rotatable bonds is 29. The highest BCUT2D eigenvalue weighted by Gasteiger charge is 2.42. The van der Waals surface area contributed by atoms with Gasteiger partial charge in [0, 0.05) is 134 Å². The Hall–Kier alpha value is -14.5. The first kappa shape index (κ1) is 102. The van der Waals surface area contributed by atoms with Crippen molar-refractivity contribution in [2.24, 2.45) is 0 Å². The Balaban J connectivity index is 0.000000331. The summed E-state index contributed by atoms with van der Waals surface area (Å²) in [6.45, 7) is 6.88. The number of amides is 5. The van der Waals surface area contributed by atoms with E-state index in [2.05, 4.69) is 28.6 Å². The molecule has 2 atom stereocenters. The number of non-ortho nitro benzene ring substituents is 3. The first-order chi connectivity index (χ1) is 57.8. The van der Waals surface area contributed by atoms with Gasteiger partial charge in [-0.3, -0.25) is 94.7 Å². The molecule has 124 heavy (non-hydrogen) atoms. The number of hydrogen-bond acceptors (Lipinski definition) is 29. The van der Waals surface area contributed by atoms with Crippen LogP contribution in [0.3, 0.4) is 0 Å². The van der Waals surface area contributed by atoms with Crippen LogP contribution in [0.25, 0.3) is 0 Å². The highest BCUT2D eigenvalue weighted by molar-refractivity contribution is 8.00. The molecule has 0 aliphatic rings. The van der Waals surface area contributed by atoms with Crippen molar-refractivity contribution in [1.82, 2.24) is 10.0 Å². The number of nitrogens with one attached hydrogen (secondary N) is 3. The number of thiol groups is 1. The van der Waals surface area contributed by atoms with Crippen LogP contribution in [0.15, 0.2) is 202 Å². The summed E-state index contributed by atoms with van der Waals surface area (Å²) < 4.78 is 0. The standard InChI is InChI=1S/C24H20N4O8.C16H15N3O5.C15H14N2O4S.C13H17N3O4S2.C11H13NO6S.CH4/c1-13-5-3-7-16(9-13)25-22(29)21(23(30)26-17-8-4-6-14(2)10-17)20-18(27(33)34)11-15(24(31)32)12-19(20)28(35)36;1-18(2)13-8-4-7-12(14(13)16(21)22)15(20)17-10-5-3-6-11(9-10)19(23)24;1-16(2)10-3-6-12(7-4-10)22-14-8-5-11(17(20)21)9-13(14)15(18)19;1-9-6-10(16(19)20)4-5-11(9)22-8-13(18)15(3)14(2)12(17)7-21;1-2-8(13)11(16)19-9-6(10(14)15)4-3-5-7(9)12(17)18;/h3-12,21H,1-2H3,(H,25,29)(H,26,30)(H,31,32);3-9H,1-2H3,(H,17,20)(H,21,22);3-9H,1-2H3,(H,18,19);4-6,21H,7-8H2,1-3H3;3-5,8,11,13,16H,2H2,1H3,(H,14,15);1H4. The van der Waals surface area contributed by atoms with Crippen LogP contribution in [0.2, 0.25) is 0 Å². The Labute approximate surface area is 724 Å². The summed E-state index contributed by atoms with van der Waals surface area (Å²) in [6.07, 6.45) is -0.844. The molecule has 9 aromatic carbocycles. The molecular formula is C80H83N13O27S4. The minimum atomic E-state index is -2.07. The fourth-order valence-corrected chi connectivity index (χ4v) is 13.8. The van der Waals surface area contributed by atoms with Crippen molar-refractivity contribution in [1.29, 1.82) is 0 Å². The molecule has 9 N–H and O–H groups in total. The third kappa shape index (κ3) is 29.2. The fraction of sp³-hybridized carbons (Fsp3) is 0.212. The number of aliphatic hydroxyl groups is 2. The van der Waals surface area contributed by atoms with Gasteiger partial charge < -0.3 is 56.4 Å². The number of benzene rings is 9. The Morgan fingerprint density at radius 3 is 1.37 bits per heavy atom. The number of nitro benzene ring substituents is 6. The smallest absolute Gasteiger partial charge is 0.338 e. The first-order valence-corrected chi connectivity index (χ1v) is 38.7. The van der Waals surface area contributed by atoms with Gasteiger partial charge in [0.05, 0.1) is 80.7 Å². The van der Waals surface area contributed by atoms with E-state index in [4.69, 9.17) is 5.11 Å². The van der Waals surface area contributed by atoms with Gasteiger partial charge in [-0.15, -0.1) is 11.8 Å². The molecule has 0 saturated heterocycles. The van der Waals surface area contributed by atoms with E-state index in [9.17, 15) is 129 Å². The number of carboxylic acid groups (broad SMARTS) is 4. The van der Waals surface area contributed by atoms with E-state index in [1.54, 1.807) is 101 Å². The molecular weight excluding hydrogens is 1700 g/mol. The Morgan fingerprint density at radius 2 is 0.927 bits per heavy atom. The second-order valence-corrected chi connectivity index (χ2v) is 29.6. The first-order valence-electron chi connectivity index (χ1n) is 35.4. The van der Waals surface area contributed by atoms with Crippen LogP contribution in [0, 0.1) is 81.5 Å². The number of anilines is 5. The van der Waals surface area contributed by atoms with Crippen LogP contribution >= 0.6 is 47.9 Å². The average molecular weight is 1790 g/mol. The summed E-state index contributed by atoms with van der Waals surface area (Å²) >= 11 is 6.98. The van der Waals surface area contributed by atoms with Crippen LogP contribution in [-0.2, 0) is 19.2 Å². The van der Waals surface area contributed by atoms with E-state index in [-0.39, 0.29) is 98.4 Å². The highest BCUT2D eigenvalue weighted by atomic mass is 32.2. The van der Waals surface area contributed by atoms with Crippen LogP contribution in [0.5, 0.6) is 0 Å². The maximum atomic E-state index is 13.4. The number of carboxylic acids is 4. The van der Waals surface area contributed by atoms with E-state index in [0.717, 1.165) is 44.3 Å². The van der Waals surface area contributed by atoms with E-state index >= 15 is 0 Å². The minimum Gasteiger partial charge on any atom is -0.478 e. The summed E-state index contributed by atoms with van der Waals surface area (Å²) in [7, 11) is 10.2. The number of hydrogen-bond donors (Lipinski definition) is 10. The predicted molar refractivity (Wildman–Crippen MR) is 466 cm³/mol. The van der Waals surface area contributed by atoms with Gasteiger partial charge in [0.25, 0.3) is 51.8 Å². The predicted octanol–water partition coefficient (Wildman–Crippen LogP) is 14.2. The number of hydrazine groups is 1. The molecule has 9 rings (SSSR count). The average Bonchev–Trinajstić information content (AvgIpc) is 0.761. The second-order valence-electron chi connectivity index (χ2n) is 26.0. The van der Waals surface area contributed by atoms with Crippen molar-refractivity contribution < 1.29 is 103 Å². The molecule has 654 valence electrons. The van der Waals surface area contributed by atoms with Crippen molar-refractivity contribution in [3.63, 3.8) is 0 Å². The molecule has 40 nitrogen and oxygen atoms in total. The van der Waals surface area contributed by atoms with Gasteiger partial charge in [-0.25, -0.2) is 19.2 Å². The summed E-state index contributed by atoms with van der Waals surface area (Å²) in [6, 6.07) is 43.6. The van der Waals surface area contributed by atoms with Gasteiger partial charge in [0.1, 0.15) is 15.9 Å².